The standard InChI is InChI=1S/C15H14F3N3O/c16-15(17,18)11-4-6-12(7-5-11)21-14(22)10-19-9-13-3-1-2-8-20-13/h1-8,19H,9-10H2,(H,21,22). The predicted octanol–water partition coefficient (Wildman–Crippen LogP) is 2.83. The fraction of sp³-hybridized carbons (Fsp3) is 0.200. The third kappa shape index (κ3) is 4.85. The van der Waals surface area contributed by atoms with Crippen molar-refractivity contribution in [2.45, 2.75) is 12.7 Å². The van der Waals surface area contributed by atoms with E-state index in [0.29, 0.717) is 12.2 Å². The molecule has 1 heterocycles. The van der Waals surface area contributed by atoms with Crippen LogP contribution < -0.4 is 10.6 Å². The van der Waals surface area contributed by atoms with E-state index in [9.17, 15) is 18.0 Å². The Hall–Kier alpha value is -2.41. The lowest BCUT2D eigenvalue weighted by molar-refractivity contribution is -0.137. The number of rotatable bonds is 5. The maximum atomic E-state index is 12.4. The number of amides is 1. The van der Waals surface area contributed by atoms with Gasteiger partial charge in [-0.2, -0.15) is 13.2 Å². The van der Waals surface area contributed by atoms with Gasteiger partial charge in [0.25, 0.3) is 0 Å². The number of hydrogen-bond donors (Lipinski definition) is 2. The molecule has 0 radical (unpaired) electrons. The second kappa shape index (κ2) is 7.04. The van der Waals surface area contributed by atoms with Crippen LogP contribution >= 0.6 is 0 Å². The number of nitrogens with zero attached hydrogens (tertiary/aromatic N) is 1. The van der Waals surface area contributed by atoms with Gasteiger partial charge in [-0.05, 0) is 36.4 Å². The van der Waals surface area contributed by atoms with Gasteiger partial charge in [0.1, 0.15) is 0 Å². The summed E-state index contributed by atoms with van der Waals surface area (Å²) < 4.78 is 37.2. The molecule has 0 saturated heterocycles. The van der Waals surface area contributed by atoms with Gasteiger partial charge in [-0.1, -0.05) is 6.07 Å². The van der Waals surface area contributed by atoms with E-state index in [1.54, 1.807) is 12.3 Å². The van der Waals surface area contributed by atoms with Crippen LogP contribution in [0.3, 0.4) is 0 Å². The first-order valence-electron chi connectivity index (χ1n) is 6.53. The average molecular weight is 309 g/mol. The Labute approximate surface area is 125 Å². The summed E-state index contributed by atoms with van der Waals surface area (Å²) in [5.41, 5.74) is 0.362. The Morgan fingerprint density at radius 2 is 1.82 bits per heavy atom. The van der Waals surface area contributed by atoms with E-state index in [4.69, 9.17) is 0 Å². The number of halogens is 3. The minimum Gasteiger partial charge on any atom is -0.325 e. The SMILES string of the molecule is O=C(CNCc1ccccn1)Nc1ccc(C(F)(F)F)cc1. The van der Waals surface area contributed by atoms with Crippen molar-refractivity contribution in [2.24, 2.45) is 0 Å². The third-order valence-electron chi connectivity index (χ3n) is 2.81. The Bertz CT molecular complexity index is 612. The number of aromatic nitrogens is 1. The first-order chi connectivity index (χ1) is 10.4. The molecule has 1 amide bonds. The van der Waals surface area contributed by atoms with Crippen LogP contribution in [0, 0.1) is 0 Å². The van der Waals surface area contributed by atoms with Gasteiger partial charge >= 0.3 is 6.18 Å². The summed E-state index contributed by atoms with van der Waals surface area (Å²) in [6.45, 7) is 0.471. The number of pyridine rings is 1. The summed E-state index contributed by atoms with van der Waals surface area (Å²) >= 11 is 0. The molecule has 0 atom stereocenters. The Balaban J connectivity index is 1.79. The molecule has 7 heteroatoms. The van der Waals surface area contributed by atoms with Gasteiger partial charge in [-0.25, -0.2) is 0 Å². The molecule has 1 aromatic heterocycles. The highest BCUT2D eigenvalue weighted by Crippen LogP contribution is 2.29. The topological polar surface area (TPSA) is 54.0 Å². The zero-order valence-corrected chi connectivity index (χ0v) is 11.5. The van der Waals surface area contributed by atoms with E-state index in [-0.39, 0.29) is 12.5 Å². The number of anilines is 1. The lowest BCUT2D eigenvalue weighted by Crippen LogP contribution is -2.28. The van der Waals surface area contributed by atoms with E-state index in [1.807, 2.05) is 12.1 Å². The van der Waals surface area contributed by atoms with Gasteiger partial charge < -0.3 is 10.6 Å². The summed E-state index contributed by atoms with van der Waals surface area (Å²) in [6, 6.07) is 9.75. The van der Waals surface area contributed by atoms with E-state index >= 15 is 0 Å². The van der Waals surface area contributed by atoms with Crippen LogP contribution in [-0.2, 0) is 17.5 Å². The van der Waals surface area contributed by atoms with Crippen molar-refractivity contribution >= 4 is 11.6 Å². The van der Waals surface area contributed by atoms with Gasteiger partial charge in [0, 0.05) is 18.4 Å². The van der Waals surface area contributed by atoms with E-state index < -0.39 is 11.7 Å². The van der Waals surface area contributed by atoms with E-state index in [0.717, 1.165) is 17.8 Å². The minimum atomic E-state index is -4.38. The second-order valence-electron chi connectivity index (χ2n) is 4.55. The average Bonchev–Trinajstić information content (AvgIpc) is 2.48. The molecule has 0 aliphatic carbocycles. The van der Waals surface area contributed by atoms with Crippen molar-refractivity contribution in [3.63, 3.8) is 0 Å². The molecule has 2 rings (SSSR count). The van der Waals surface area contributed by atoms with Crippen LogP contribution in [0.2, 0.25) is 0 Å². The smallest absolute Gasteiger partial charge is 0.325 e. The van der Waals surface area contributed by atoms with Crippen LogP contribution in [0.4, 0.5) is 18.9 Å². The molecule has 0 fully saturated rings. The van der Waals surface area contributed by atoms with Crippen LogP contribution in [0.25, 0.3) is 0 Å². The lowest BCUT2D eigenvalue weighted by atomic mass is 10.2. The highest BCUT2D eigenvalue weighted by molar-refractivity contribution is 5.92. The molecule has 1 aromatic carbocycles. The normalized spacial score (nSPS) is 11.2. The van der Waals surface area contributed by atoms with Crippen LogP contribution in [0.15, 0.2) is 48.7 Å². The number of benzene rings is 1. The molecular formula is C15H14F3N3O. The highest BCUT2D eigenvalue weighted by Gasteiger charge is 2.29. The number of hydrogen-bond acceptors (Lipinski definition) is 3. The fourth-order valence-electron chi connectivity index (χ4n) is 1.75. The lowest BCUT2D eigenvalue weighted by Gasteiger charge is -2.09. The predicted molar refractivity (Wildman–Crippen MR) is 76.0 cm³/mol. The maximum Gasteiger partial charge on any atom is 0.416 e. The van der Waals surface area contributed by atoms with Gasteiger partial charge in [0.05, 0.1) is 17.8 Å². The highest BCUT2D eigenvalue weighted by atomic mass is 19.4. The van der Waals surface area contributed by atoms with Crippen LogP contribution in [0.1, 0.15) is 11.3 Å². The van der Waals surface area contributed by atoms with E-state index in [1.165, 1.54) is 12.1 Å². The Kier molecular flexibility index (Phi) is 5.11. The van der Waals surface area contributed by atoms with Crippen LogP contribution in [0.5, 0.6) is 0 Å². The summed E-state index contributed by atoms with van der Waals surface area (Å²) in [5, 5.41) is 5.42. The quantitative estimate of drug-likeness (QED) is 0.893. The van der Waals surface area contributed by atoms with Crippen molar-refractivity contribution in [3.05, 3.63) is 59.9 Å². The number of alkyl halides is 3. The molecule has 0 saturated carbocycles. The van der Waals surface area contributed by atoms with Gasteiger partial charge in [-0.15, -0.1) is 0 Å². The molecule has 22 heavy (non-hydrogen) atoms. The summed E-state index contributed by atoms with van der Waals surface area (Å²) in [4.78, 5) is 15.8. The molecule has 0 spiro atoms. The number of carbonyl (C=O) groups excluding carboxylic acids is 1. The monoisotopic (exact) mass is 309 g/mol. The first kappa shape index (κ1) is 16.0. The molecule has 0 unspecified atom stereocenters. The van der Waals surface area contributed by atoms with Crippen LogP contribution in [-0.4, -0.2) is 17.4 Å². The molecule has 0 aliphatic heterocycles. The van der Waals surface area contributed by atoms with E-state index in [2.05, 4.69) is 15.6 Å². The molecule has 0 bridgehead atoms. The van der Waals surface area contributed by atoms with Crippen molar-refractivity contribution in [1.82, 2.24) is 10.3 Å². The van der Waals surface area contributed by atoms with Gasteiger partial charge in [0.2, 0.25) is 5.91 Å². The van der Waals surface area contributed by atoms with Crippen molar-refractivity contribution in [1.29, 1.82) is 0 Å². The zero-order chi connectivity index (χ0) is 16.0. The Morgan fingerprint density at radius 1 is 1.09 bits per heavy atom. The van der Waals surface area contributed by atoms with Crippen molar-refractivity contribution in [3.8, 4) is 0 Å². The first-order valence-corrected chi connectivity index (χ1v) is 6.53. The molecule has 4 nitrogen and oxygen atoms in total. The maximum absolute atomic E-state index is 12.4. The van der Waals surface area contributed by atoms with Gasteiger partial charge in [0.15, 0.2) is 0 Å². The molecule has 0 aliphatic rings. The third-order valence-corrected chi connectivity index (χ3v) is 2.81. The summed E-state index contributed by atoms with van der Waals surface area (Å²) in [6.07, 6.45) is -2.73. The van der Waals surface area contributed by atoms with Crippen molar-refractivity contribution < 1.29 is 18.0 Å². The molecule has 2 aromatic rings. The number of nitrogens with one attached hydrogen (secondary N) is 2. The molecule has 116 valence electrons. The molecular weight excluding hydrogens is 295 g/mol. The van der Waals surface area contributed by atoms with Gasteiger partial charge in [-0.3, -0.25) is 9.78 Å². The zero-order valence-electron chi connectivity index (χ0n) is 11.5. The number of carbonyl (C=O) groups is 1. The van der Waals surface area contributed by atoms with Crippen molar-refractivity contribution in [2.75, 3.05) is 11.9 Å². The summed E-state index contributed by atoms with van der Waals surface area (Å²) in [7, 11) is 0. The summed E-state index contributed by atoms with van der Waals surface area (Å²) in [5.74, 6) is -0.337. The Morgan fingerprint density at radius 3 is 2.41 bits per heavy atom. The largest absolute Gasteiger partial charge is 0.416 e. The molecule has 2 N–H and O–H groups in total. The second-order valence-corrected chi connectivity index (χ2v) is 4.55. The fourth-order valence-corrected chi connectivity index (χ4v) is 1.75. The minimum absolute atomic E-state index is 0.0393.